The molecule has 8 heteroatoms. The summed E-state index contributed by atoms with van der Waals surface area (Å²) in [6.45, 7) is 1.76. The van der Waals surface area contributed by atoms with E-state index in [1.165, 1.54) is 25.3 Å². The molecule has 0 aliphatic heterocycles. The van der Waals surface area contributed by atoms with Crippen LogP contribution in [0.4, 0.5) is 8.78 Å². The molecule has 1 amide bonds. The third-order valence-corrected chi connectivity index (χ3v) is 4.66. The van der Waals surface area contributed by atoms with Gasteiger partial charge in [0.05, 0.1) is 24.3 Å². The van der Waals surface area contributed by atoms with Crippen molar-refractivity contribution in [2.45, 2.75) is 13.0 Å². The van der Waals surface area contributed by atoms with Crippen molar-refractivity contribution in [1.29, 1.82) is 0 Å². The second-order valence-electron chi connectivity index (χ2n) is 6.66. The molecule has 0 saturated heterocycles. The fourth-order valence-electron chi connectivity index (χ4n) is 2.87. The van der Waals surface area contributed by atoms with E-state index < -0.39 is 29.6 Å². The van der Waals surface area contributed by atoms with Crippen LogP contribution in [-0.2, 0) is 4.74 Å². The molecule has 3 aromatic rings. The molecule has 1 atom stereocenters. The molecule has 0 spiro atoms. The van der Waals surface area contributed by atoms with Crippen LogP contribution in [-0.4, -0.2) is 19.0 Å². The van der Waals surface area contributed by atoms with E-state index in [0.717, 1.165) is 23.8 Å². The lowest BCUT2D eigenvalue weighted by atomic mass is 10.1. The van der Waals surface area contributed by atoms with Crippen molar-refractivity contribution in [1.82, 2.24) is 5.32 Å². The van der Waals surface area contributed by atoms with Gasteiger partial charge in [0.1, 0.15) is 23.1 Å². The number of carbonyl (C=O) groups excluding carboxylic acids is 2. The zero-order valence-corrected chi connectivity index (χ0v) is 17.4. The number of nitrogens with one attached hydrogen (secondary N) is 1. The molecule has 0 bridgehead atoms. The summed E-state index contributed by atoms with van der Waals surface area (Å²) in [6.07, 6.45) is 0. The first kappa shape index (κ1) is 22.2. The van der Waals surface area contributed by atoms with Crippen LogP contribution in [0.1, 0.15) is 39.2 Å². The summed E-state index contributed by atoms with van der Waals surface area (Å²) >= 11 is 6.03. The Labute approximate surface area is 182 Å². The van der Waals surface area contributed by atoms with Gasteiger partial charge in [-0.3, -0.25) is 4.79 Å². The standard InChI is InChI=1S/C23H18ClF2NO4/c1-13(14-3-5-15(6-4-14)23(29)30-2)27-22(28)20-9-16(24)7-8-21(20)31-19-11-17(25)10-18(26)12-19/h3-13H,1-2H3,(H,27,28)/t13-/m0/s1. The van der Waals surface area contributed by atoms with E-state index in [9.17, 15) is 18.4 Å². The molecule has 0 aliphatic rings. The van der Waals surface area contributed by atoms with E-state index in [1.54, 1.807) is 31.2 Å². The summed E-state index contributed by atoms with van der Waals surface area (Å²) in [5, 5.41) is 3.10. The highest BCUT2D eigenvalue weighted by molar-refractivity contribution is 6.31. The van der Waals surface area contributed by atoms with Crippen LogP contribution in [0.25, 0.3) is 0 Å². The van der Waals surface area contributed by atoms with Gasteiger partial charge in [-0.15, -0.1) is 0 Å². The molecule has 0 aliphatic carbocycles. The molecular weight excluding hydrogens is 428 g/mol. The van der Waals surface area contributed by atoms with Gasteiger partial charge in [-0.05, 0) is 42.8 Å². The summed E-state index contributed by atoms with van der Waals surface area (Å²) in [4.78, 5) is 24.4. The van der Waals surface area contributed by atoms with Gasteiger partial charge in [0.15, 0.2) is 0 Å². The molecular formula is C23H18ClF2NO4. The van der Waals surface area contributed by atoms with Crippen LogP contribution >= 0.6 is 11.6 Å². The van der Waals surface area contributed by atoms with Crippen LogP contribution in [0.15, 0.2) is 60.7 Å². The Balaban J connectivity index is 1.80. The first-order valence-electron chi connectivity index (χ1n) is 9.19. The predicted octanol–water partition coefficient (Wildman–Crippen LogP) is 5.69. The number of esters is 1. The van der Waals surface area contributed by atoms with Crippen molar-refractivity contribution in [3.8, 4) is 11.5 Å². The van der Waals surface area contributed by atoms with E-state index in [1.807, 2.05) is 0 Å². The van der Waals surface area contributed by atoms with Gasteiger partial charge in [0.25, 0.3) is 5.91 Å². The van der Waals surface area contributed by atoms with E-state index in [0.29, 0.717) is 5.56 Å². The Kier molecular flexibility index (Phi) is 6.87. The minimum absolute atomic E-state index is 0.0835. The second kappa shape index (κ2) is 9.57. The fourth-order valence-corrected chi connectivity index (χ4v) is 3.04. The smallest absolute Gasteiger partial charge is 0.337 e. The monoisotopic (exact) mass is 445 g/mol. The van der Waals surface area contributed by atoms with Crippen molar-refractivity contribution in [2.24, 2.45) is 0 Å². The molecule has 0 saturated carbocycles. The summed E-state index contributed by atoms with van der Waals surface area (Å²) in [5.41, 5.74) is 1.23. The zero-order valence-electron chi connectivity index (χ0n) is 16.6. The van der Waals surface area contributed by atoms with Gasteiger partial charge in [-0.2, -0.15) is 0 Å². The number of benzene rings is 3. The molecule has 5 nitrogen and oxygen atoms in total. The van der Waals surface area contributed by atoms with Gasteiger partial charge < -0.3 is 14.8 Å². The zero-order chi connectivity index (χ0) is 22.5. The number of methoxy groups -OCH3 is 1. The highest BCUT2D eigenvalue weighted by Gasteiger charge is 2.18. The summed E-state index contributed by atoms with van der Waals surface area (Å²) < 4.78 is 37.1. The molecule has 0 unspecified atom stereocenters. The molecule has 0 fully saturated rings. The molecule has 0 radical (unpaired) electrons. The van der Waals surface area contributed by atoms with Gasteiger partial charge in [-0.25, -0.2) is 13.6 Å². The number of rotatable bonds is 6. The molecule has 160 valence electrons. The molecule has 31 heavy (non-hydrogen) atoms. The lowest BCUT2D eigenvalue weighted by molar-refractivity contribution is 0.0600. The first-order valence-corrected chi connectivity index (χ1v) is 9.57. The van der Waals surface area contributed by atoms with Crippen molar-refractivity contribution in [3.05, 3.63) is 94.0 Å². The van der Waals surface area contributed by atoms with Gasteiger partial charge in [0, 0.05) is 23.2 Å². The highest BCUT2D eigenvalue weighted by Crippen LogP contribution is 2.29. The number of halogens is 3. The SMILES string of the molecule is COC(=O)c1ccc([C@H](C)NC(=O)c2cc(Cl)ccc2Oc2cc(F)cc(F)c2)cc1. The Hall–Kier alpha value is -3.45. The summed E-state index contributed by atoms with van der Waals surface area (Å²) in [6, 6.07) is 13.2. The van der Waals surface area contributed by atoms with Crippen molar-refractivity contribution >= 4 is 23.5 Å². The Bertz CT molecular complexity index is 1100. The Morgan fingerprint density at radius 3 is 2.23 bits per heavy atom. The predicted molar refractivity (Wildman–Crippen MR) is 112 cm³/mol. The van der Waals surface area contributed by atoms with E-state index in [2.05, 4.69) is 10.1 Å². The molecule has 3 aromatic carbocycles. The lowest BCUT2D eigenvalue weighted by Crippen LogP contribution is -2.27. The summed E-state index contributed by atoms with van der Waals surface area (Å²) in [7, 11) is 1.29. The maximum absolute atomic E-state index is 13.5. The average molecular weight is 446 g/mol. The summed E-state index contributed by atoms with van der Waals surface area (Å²) in [5.74, 6) is -2.59. The number of ether oxygens (including phenoxy) is 2. The van der Waals surface area contributed by atoms with Crippen LogP contribution in [0.3, 0.4) is 0 Å². The molecule has 3 rings (SSSR count). The third-order valence-electron chi connectivity index (χ3n) is 4.43. The average Bonchev–Trinajstić information content (AvgIpc) is 2.73. The topological polar surface area (TPSA) is 64.6 Å². The molecule has 1 N–H and O–H groups in total. The molecule has 0 heterocycles. The largest absolute Gasteiger partial charge is 0.465 e. The van der Waals surface area contributed by atoms with Crippen LogP contribution in [0.5, 0.6) is 11.5 Å². The van der Waals surface area contributed by atoms with Crippen molar-refractivity contribution in [2.75, 3.05) is 7.11 Å². The minimum Gasteiger partial charge on any atom is -0.465 e. The Morgan fingerprint density at radius 2 is 1.61 bits per heavy atom. The van der Waals surface area contributed by atoms with Crippen molar-refractivity contribution < 1.29 is 27.8 Å². The number of hydrogen-bond donors (Lipinski definition) is 1. The van der Waals surface area contributed by atoms with Gasteiger partial charge >= 0.3 is 5.97 Å². The van der Waals surface area contributed by atoms with Crippen LogP contribution in [0, 0.1) is 11.6 Å². The quantitative estimate of drug-likeness (QED) is 0.495. The Morgan fingerprint density at radius 1 is 0.968 bits per heavy atom. The van der Waals surface area contributed by atoms with E-state index in [4.69, 9.17) is 16.3 Å². The van der Waals surface area contributed by atoms with Crippen molar-refractivity contribution in [3.63, 3.8) is 0 Å². The number of hydrogen-bond acceptors (Lipinski definition) is 4. The number of carbonyl (C=O) groups is 2. The highest BCUT2D eigenvalue weighted by atomic mass is 35.5. The molecule has 0 aromatic heterocycles. The van der Waals surface area contributed by atoms with E-state index >= 15 is 0 Å². The maximum Gasteiger partial charge on any atom is 0.337 e. The minimum atomic E-state index is -0.806. The first-order chi connectivity index (χ1) is 14.8. The van der Waals surface area contributed by atoms with Gasteiger partial charge in [-0.1, -0.05) is 23.7 Å². The van der Waals surface area contributed by atoms with Crippen LogP contribution in [0.2, 0.25) is 5.02 Å². The lowest BCUT2D eigenvalue weighted by Gasteiger charge is -2.17. The van der Waals surface area contributed by atoms with Gasteiger partial charge in [0.2, 0.25) is 0 Å². The third kappa shape index (κ3) is 5.58. The van der Waals surface area contributed by atoms with E-state index in [-0.39, 0.29) is 22.1 Å². The maximum atomic E-state index is 13.5. The second-order valence-corrected chi connectivity index (χ2v) is 7.09. The normalized spacial score (nSPS) is 11.5. The van der Waals surface area contributed by atoms with Crippen LogP contribution < -0.4 is 10.1 Å². The number of amides is 1. The fraction of sp³-hybridized carbons (Fsp3) is 0.130.